The molecule has 1 aliphatic carbocycles. The molecular formula is C37H50N6O5S. The van der Waals surface area contributed by atoms with Gasteiger partial charge in [-0.1, -0.05) is 74.5 Å². The fourth-order valence-corrected chi connectivity index (χ4v) is 8.75. The average molecular weight is 691 g/mol. The smallest absolute Gasteiger partial charge is 0.247 e. The molecule has 2 aliphatic heterocycles. The Bertz CT molecular complexity index is 1480. The van der Waals surface area contributed by atoms with E-state index >= 15 is 0 Å². The number of fused-ring (bicyclic) bond motifs is 1. The van der Waals surface area contributed by atoms with E-state index in [0.29, 0.717) is 43.4 Å². The first-order valence-electron chi connectivity index (χ1n) is 17.4. The molecule has 2 aromatic carbocycles. The van der Waals surface area contributed by atoms with Crippen LogP contribution >= 0.6 is 11.8 Å². The van der Waals surface area contributed by atoms with E-state index in [4.69, 9.17) is 0 Å². The minimum Gasteiger partial charge on any atom is -0.353 e. The third kappa shape index (κ3) is 9.02. The molecule has 3 aliphatic rings. The summed E-state index contributed by atoms with van der Waals surface area (Å²) in [6.45, 7) is 5.69. The second-order valence-corrected chi connectivity index (χ2v) is 15.5. The van der Waals surface area contributed by atoms with Crippen molar-refractivity contribution >= 4 is 41.3 Å². The molecule has 2 saturated heterocycles. The van der Waals surface area contributed by atoms with E-state index in [2.05, 4.69) is 26.6 Å². The lowest BCUT2D eigenvalue weighted by Crippen LogP contribution is -2.58. The number of nitrogens with zero attached hydrogens (tertiary/aromatic N) is 1. The van der Waals surface area contributed by atoms with Crippen LogP contribution in [0, 0.1) is 5.41 Å². The molecule has 1 saturated carbocycles. The fraction of sp³-hybridized carbons (Fsp3) is 0.541. The minimum absolute atomic E-state index is 0.00914. The average Bonchev–Trinajstić information content (AvgIpc) is 3.28. The molecule has 5 rings (SSSR count). The van der Waals surface area contributed by atoms with Crippen LogP contribution in [0.1, 0.15) is 76.5 Å². The summed E-state index contributed by atoms with van der Waals surface area (Å²) in [5.74, 6) is -0.592. The third-order valence-electron chi connectivity index (χ3n) is 10.0. The third-order valence-corrected chi connectivity index (χ3v) is 11.3. The summed E-state index contributed by atoms with van der Waals surface area (Å²) in [5.41, 5.74) is 1.05. The van der Waals surface area contributed by atoms with Crippen LogP contribution < -0.4 is 26.6 Å². The monoisotopic (exact) mass is 690 g/mol. The predicted molar refractivity (Wildman–Crippen MR) is 190 cm³/mol. The van der Waals surface area contributed by atoms with Crippen molar-refractivity contribution < 1.29 is 24.0 Å². The van der Waals surface area contributed by atoms with E-state index in [1.54, 1.807) is 30.6 Å². The maximum Gasteiger partial charge on any atom is 0.247 e. The van der Waals surface area contributed by atoms with Gasteiger partial charge in [-0.15, -0.1) is 11.8 Å². The number of thioether (sulfide) groups is 1. The van der Waals surface area contributed by atoms with Gasteiger partial charge in [0.05, 0.1) is 17.8 Å². The normalized spacial score (nSPS) is 26.0. The second kappa shape index (κ2) is 16.2. The number of carbonyl (C=O) groups is 5. The van der Waals surface area contributed by atoms with E-state index < -0.39 is 35.5 Å². The minimum atomic E-state index is -0.964. The van der Waals surface area contributed by atoms with Crippen LogP contribution in [0.2, 0.25) is 0 Å². The number of benzene rings is 2. The Kier molecular flexibility index (Phi) is 12.0. The van der Waals surface area contributed by atoms with Gasteiger partial charge in [0.25, 0.3) is 0 Å². The highest BCUT2D eigenvalue weighted by Gasteiger charge is 2.55. The van der Waals surface area contributed by atoms with E-state index in [9.17, 15) is 24.0 Å². The van der Waals surface area contributed by atoms with E-state index in [1.807, 2.05) is 74.5 Å². The quantitative estimate of drug-likeness (QED) is 0.244. The molecule has 0 aromatic heterocycles. The summed E-state index contributed by atoms with van der Waals surface area (Å²) in [7, 11) is 1.69. The molecule has 49 heavy (non-hydrogen) atoms. The first-order chi connectivity index (χ1) is 23.5. The molecule has 0 bridgehead atoms. The lowest BCUT2D eigenvalue weighted by molar-refractivity contribution is -0.144. The molecule has 264 valence electrons. The maximum absolute atomic E-state index is 14.3. The van der Waals surface area contributed by atoms with Crippen LogP contribution in [0.25, 0.3) is 0 Å². The summed E-state index contributed by atoms with van der Waals surface area (Å²) in [4.78, 5) is 69.2. The number of amides is 5. The van der Waals surface area contributed by atoms with Crippen molar-refractivity contribution in [3.05, 3.63) is 71.8 Å². The molecular weight excluding hydrogens is 641 g/mol. The molecule has 5 amide bonds. The standard InChI is InChI=1S/C37H50N6O5S/c1-23(38-4)33(45)41-28-19-20-49-30-22-37(2,3)32(43(30)36(28)48)35(47)42-31(25-13-9-6-10-14-25)34(46)40-27-17-15-26(16-18-27)39-29(44)21-24-11-7-5-8-12-24/h5-14,23,26-28,30-32,38H,15-22H2,1-4H3,(H,39,44)(H,40,46)(H,41,45)(H,42,47)/t23-,26?,27?,28-,30-,31-,32+/m0/s1. The van der Waals surface area contributed by atoms with Gasteiger partial charge in [-0.2, -0.15) is 0 Å². The van der Waals surface area contributed by atoms with Crippen molar-refractivity contribution in [2.75, 3.05) is 12.8 Å². The molecule has 5 atom stereocenters. The molecule has 5 N–H and O–H groups in total. The van der Waals surface area contributed by atoms with Crippen LogP contribution in [-0.2, 0) is 30.4 Å². The van der Waals surface area contributed by atoms with Crippen LogP contribution in [-0.4, -0.2) is 82.8 Å². The molecule has 2 aromatic rings. The van der Waals surface area contributed by atoms with Crippen molar-refractivity contribution in [2.45, 2.75) is 107 Å². The van der Waals surface area contributed by atoms with Crippen molar-refractivity contribution in [3.63, 3.8) is 0 Å². The number of carbonyl (C=O) groups excluding carboxylic acids is 5. The van der Waals surface area contributed by atoms with Gasteiger partial charge in [0.2, 0.25) is 29.5 Å². The number of hydrogen-bond acceptors (Lipinski definition) is 7. The van der Waals surface area contributed by atoms with Crippen molar-refractivity contribution in [3.8, 4) is 0 Å². The fourth-order valence-electron chi connectivity index (χ4n) is 7.17. The first-order valence-corrected chi connectivity index (χ1v) is 18.4. The van der Waals surface area contributed by atoms with Gasteiger partial charge in [0.15, 0.2) is 0 Å². The SMILES string of the molecule is CN[C@@H](C)C(=O)N[C@H]1CCS[C@H]2CC(C)(C)[C@@H](C(=O)N[C@H](C(=O)NC3CCC(NC(=O)Cc4ccccc4)CC3)c3ccccc3)N2C1=O. The predicted octanol–water partition coefficient (Wildman–Crippen LogP) is 2.81. The van der Waals surface area contributed by atoms with Crippen molar-refractivity contribution in [2.24, 2.45) is 5.41 Å². The van der Waals surface area contributed by atoms with Crippen LogP contribution in [0.3, 0.4) is 0 Å². The molecule has 0 radical (unpaired) electrons. The Balaban J connectivity index is 1.25. The summed E-state index contributed by atoms with van der Waals surface area (Å²) < 4.78 is 0. The van der Waals surface area contributed by atoms with Crippen molar-refractivity contribution in [1.29, 1.82) is 0 Å². The highest BCUT2D eigenvalue weighted by atomic mass is 32.2. The van der Waals surface area contributed by atoms with Gasteiger partial charge in [0.1, 0.15) is 18.1 Å². The largest absolute Gasteiger partial charge is 0.353 e. The molecule has 0 spiro atoms. The van der Waals surface area contributed by atoms with Gasteiger partial charge >= 0.3 is 0 Å². The van der Waals surface area contributed by atoms with Crippen LogP contribution in [0.15, 0.2) is 60.7 Å². The van der Waals surface area contributed by atoms with Gasteiger partial charge in [-0.3, -0.25) is 24.0 Å². The summed E-state index contributed by atoms with van der Waals surface area (Å²) >= 11 is 1.63. The van der Waals surface area contributed by atoms with E-state index in [1.165, 1.54) is 0 Å². The number of hydrogen-bond donors (Lipinski definition) is 5. The first kappa shape index (κ1) is 36.4. The van der Waals surface area contributed by atoms with Gasteiger partial charge in [0, 0.05) is 12.1 Å². The summed E-state index contributed by atoms with van der Waals surface area (Å²) in [6, 6.07) is 15.7. The summed E-state index contributed by atoms with van der Waals surface area (Å²) in [6.07, 6.45) is 4.31. The molecule has 2 heterocycles. The van der Waals surface area contributed by atoms with Gasteiger partial charge in [-0.25, -0.2) is 0 Å². The Morgan fingerprint density at radius 1 is 0.857 bits per heavy atom. The Labute approximate surface area is 293 Å². The molecule has 0 unspecified atom stereocenters. The topological polar surface area (TPSA) is 149 Å². The summed E-state index contributed by atoms with van der Waals surface area (Å²) in [5, 5.41) is 14.9. The second-order valence-electron chi connectivity index (χ2n) is 14.2. The van der Waals surface area contributed by atoms with Gasteiger partial charge < -0.3 is 31.5 Å². The van der Waals surface area contributed by atoms with E-state index in [-0.39, 0.29) is 41.1 Å². The number of likely N-dealkylation sites (N-methyl/N-ethyl adjacent to an activating group) is 1. The maximum atomic E-state index is 14.3. The zero-order valence-electron chi connectivity index (χ0n) is 28.9. The number of rotatable bonds is 11. The lowest BCUT2D eigenvalue weighted by Gasteiger charge is -2.35. The zero-order chi connectivity index (χ0) is 35.1. The Hall–Kier alpha value is -3.90. The highest BCUT2D eigenvalue weighted by Crippen LogP contribution is 2.46. The number of nitrogens with one attached hydrogen (secondary N) is 5. The molecule has 3 fully saturated rings. The highest BCUT2D eigenvalue weighted by molar-refractivity contribution is 7.99. The molecule has 11 nitrogen and oxygen atoms in total. The molecule has 12 heteroatoms. The Morgan fingerprint density at radius 3 is 2.10 bits per heavy atom. The lowest BCUT2D eigenvalue weighted by atomic mass is 9.83. The Morgan fingerprint density at radius 2 is 1.47 bits per heavy atom. The van der Waals surface area contributed by atoms with Crippen molar-refractivity contribution in [1.82, 2.24) is 31.5 Å². The van der Waals surface area contributed by atoms with Gasteiger partial charge in [-0.05, 0) is 74.8 Å². The van der Waals surface area contributed by atoms with Crippen LogP contribution in [0.4, 0.5) is 0 Å². The van der Waals surface area contributed by atoms with Crippen LogP contribution in [0.5, 0.6) is 0 Å². The zero-order valence-corrected chi connectivity index (χ0v) is 29.7. The van der Waals surface area contributed by atoms with E-state index in [0.717, 1.165) is 18.4 Å².